The fraction of sp³-hybridized carbons (Fsp3) is 0.771. The number of nitrogens with zero attached hydrogens (tertiary/aromatic N) is 1. The van der Waals surface area contributed by atoms with E-state index >= 15 is 4.39 Å². The Kier molecular flexibility index (Phi) is 20.1. The monoisotopic (exact) mass is 907 g/mol. The summed E-state index contributed by atoms with van der Waals surface area (Å²) >= 11 is 0. The lowest BCUT2D eigenvalue weighted by Gasteiger charge is -2.47. The lowest BCUT2D eigenvalue weighted by atomic mass is 9.81. The van der Waals surface area contributed by atoms with Crippen molar-refractivity contribution in [1.82, 2.24) is 10.2 Å². The fourth-order valence-corrected chi connectivity index (χ4v) is 9.92. The molecule has 64 heavy (non-hydrogen) atoms. The zero-order chi connectivity index (χ0) is 47.5. The second kappa shape index (κ2) is 24.3. The molecule has 0 aromatic rings. The zero-order valence-corrected chi connectivity index (χ0v) is 39.4. The highest BCUT2D eigenvalue weighted by atomic mass is 19.1. The van der Waals surface area contributed by atoms with E-state index in [-0.39, 0.29) is 63.2 Å². The molecule has 0 aromatic heterocycles. The Labute approximate surface area is 378 Å². The first-order valence-electron chi connectivity index (χ1n) is 23.2. The van der Waals surface area contributed by atoms with Crippen LogP contribution in [0, 0.1) is 29.6 Å². The van der Waals surface area contributed by atoms with Gasteiger partial charge >= 0.3 is 12.1 Å². The average Bonchev–Trinajstić information content (AvgIpc) is 3.28. The standard InChI is InChI=1S/C48H75FN2O13/c1-11-20-62-38-25-32(17-18-34(38)50-47(57)61-13-3)21-29(6)42-31(8)36(52)26-37(53)33(12-2)22-27(4)41(49)28(5)23-39(59-9)43-40(60-10)24-30(7)48(58,64-43)44(54)45(55)51-19-15-14-16-35(51)46(56)63-42/h11,21-22,28,30-36,38-43,52,58H,1,12-20,23-26H2,2-10H3,(H,50,57)/b27-22+,29-21?. The van der Waals surface area contributed by atoms with Gasteiger partial charge in [-0.25, -0.2) is 14.0 Å². The number of alkyl halides is 1. The van der Waals surface area contributed by atoms with Crippen LogP contribution in [0.5, 0.6) is 0 Å². The van der Waals surface area contributed by atoms with Crippen molar-refractivity contribution in [1.29, 1.82) is 0 Å². The van der Waals surface area contributed by atoms with Gasteiger partial charge in [-0.3, -0.25) is 14.4 Å². The zero-order valence-electron chi connectivity index (χ0n) is 39.4. The number of ketones is 2. The van der Waals surface area contributed by atoms with E-state index in [1.165, 1.54) is 14.2 Å². The van der Waals surface area contributed by atoms with Crippen molar-refractivity contribution < 1.29 is 67.0 Å². The number of hydrogen-bond acceptors (Lipinski definition) is 13. The molecule has 15 unspecified atom stereocenters. The van der Waals surface area contributed by atoms with Crippen LogP contribution in [0.15, 0.2) is 36.0 Å². The smallest absolute Gasteiger partial charge is 0.407 e. The summed E-state index contributed by atoms with van der Waals surface area (Å²) in [6.07, 6.45) is 0.781. The highest BCUT2D eigenvalue weighted by Crippen LogP contribution is 2.39. The predicted octanol–water partition coefficient (Wildman–Crippen LogP) is 5.73. The van der Waals surface area contributed by atoms with E-state index in [4.69, 9.17) is 28.4 Å². The molecular weight excluding hydrogens is 832 g/mol. The Balaban J connectivity index is 1.77. The van der Waals surface area contributed by atoms with Gasteiger partial charge < -0.3 is 48.9 Å². The van der Waals surface area contributed by atoms with Gasteiger partial charge in [-0.05, 0) is 102 Å². The predicted molar refractivity (Wildman–Crippen MR) is 235 cm³/mol. The number of ether oxygens (including phenoxy) is 6. The van der Waals surface area contributed by atoms with Gasteiger partial charge in [0, 0.05) is 44.9 Å². The summed E-state index contributed by atoms with van der Waals surface area (Å²) in [5, 5.41) is 26.8. The molecule has 1 saturated carbocycles. The Bertz CT molecular complexity index is 1690. The summed E-state index contributed by atoms with van der Waals surface area (Å²) in [6, 6.07) is -1.53. The van der Waals surface area contributed by atoms with Crippen molar-refractivity contribution in [3.8, 4) is 0 Å². The first kappa shape index (κ1) is 53.1. The number of carbonyl (C=O) groups excluding carboxylic acids is 5. The van der Waals surface area contributed by atoms with E-state index in [2.05, 4.69) is 11.9 Å². The number of fused-ring (bicyclic) bond motifs is 3. The van der Waals surface area contributed by atoms with Gasteiger partial charge in [0.25, 0.3) is 11.7 Å². The molecule has 4 aliphatic rings. The van der Waals surface area contributed by atoms with E-state index in [1.807, 2.05) is 13.0 Å². The van der Waals surface area contributed by atoms with Crippen molar-refractivity contribution >= 4 is 29.5 Å². The highest BCUT2D eigenvalue weighted by molar-refractivity contribution is 6.39. The number of Topliss-reactive ketones (excluding diaryl/α,β-unsaturated/α-hetero) is 2. The van der Waals surface area contributed by atoms with Crippen molar-refractivity contribution in [3.63, 3.8) is 0 Å². The third-order valence-electron chi connectivity index (χ3n) is 13.8. The Hall–Kier alpha value is -3.54. The van der Waals surface area contributed by atoms with Crippen molar-refractivity contribution in [2.75, 3.05) is 34.0 Å². The van der Waals surface area contributed by atoms with Gasteiger partial charge in [0.05, 0.1) is 43.7 Å². The molecule has 1 aliphatic carbocycles. The van der Waals surface area contributed by atoms with Gasteiger partial charge in [0.2, 0.25) is 5.79 Å². The number of allylic oxidation sites excluding steroid dienone is 3. The minimum absolute atomic E-state index is 0.0289. The third-order valence-corrected chi connectivity index (χ3v) is 13.8. The number of piperidine rings is 1. The molecule has 3 aliphatic heterocycles. The molecule has 0 radical (unpaired) electrons. The van der Waals surface area contributed by atoms with Crippen LogP contribution in [-0.4, -0.2) is 139 Å². The van der Waals surface area contributed by atoms with Crippen molar-refractivity contribution in [2.24, 2.45) is 29.6 Å². The number of cyclic esters (lactones) is 1. The minimum atomic E-state index is -2.63. The normalized spacial score (nSPS) is 38.8. The van der Waals surface area contributed by atoms with Crippen LogP contribution >= 0.6 is 0 Å². The summed E-state index contributed by atoms with van der Waals surface area (Å²) in [6.45, 7) is 16.1. The molecule has 0 aromatic carbocycles. The summed E-state index contributed by atoms with van der Waals surface area (Å²) in [4.78, 5) is 70.5. The van der Waals surface area contributed by atoms with Gasteiger partial charge in [-0.2, -0.15) is 0 Å². The number of nitrogens with one attached hydrogen (secondary N) is 1. The van der Waals surface area contributed by atoms with E-state index in [9.17, 15) is 34.2 Å². The van der Waals surface area contributed by atoms with Crippen LogP contribution in [0.2, 0.25) is 0 Å². The lowest BCUT2D eigenvalue weighted by molar-refractivity contribution is -0.302. The van der Waals surface area contributed by atoms with Gasteiger partial charge in [-0.1, -0.05) is 45.9 Å². The molecule has 16 heteroatoms. The largest absolute Gasteiger partial charge is 0.456 e. The summed E-state index contributed by atoms with van der Waals surface area (Å²) in [5.41, 5.74) is 0.904. The van der Waals surface area contributed by atoms with Crippen LogP contribution < -0.4 is 5.32 Å². The third kappa shape index (κ3) is 12.9. The van der Waals surface area contributed by atoms with Gasteiger partial charge in [0.15, 0.2) is 0 Å². The molecule has 15 atom stereocenters. The van der Waals surface area contributed by atoms with Crippen molar-refractivity contribution in [3.05, 3.63) is 36.0 Å². The molecule has 0 spiro atoms. The van der Waals surface area contributed by atoms with Crippen LogP contribution in [0.1, 0.15) is 113 Å². The molecule has 2 bridgehead atoms. The molecule has 3 N–H and O–H groups in total. The first-order valence-corrected chi connectivity index (χ1v) is 23.2. The van der Waals surface area contributed by atoms with E-state index in [0.717, 1.165) is 4.90 Å². The topological polar surface area (TPSA) is 196 Å². The number of esters is 1. The minimum Gasteiger partial charge on any atom is -0.456 e. The fourth-order valence-electron chi connectivity index (χ4n) is 9.92. The second-order valence-corrected chi connectivity index (χ2v) is 18.4. The number of rotatable bonds is 10. The summed E-state index contributed by atoms with van der Waals surface area (Å²) < 4.78 is 51.6. The molecular formula is C48H75FN2O13. The first-order chi connectivity index (χ1) is 30.3. The van der Waals surface area contributed by atoms with Crippen LogP contribution in [-0.2, 0) is 47.6 Å². The van der Waals surface area contributed by atoms with Crippen LogP contribution in [0.4, 0.5) is 9.18 Å². The maximum atomic E-state index is 16.3. The Morgan fingerprint density at radius 1 is 1.03 bits per heavy atom. The second-order valence-electron chi connectivity index (χ2n) is 18.4. The molecule has 15 nitrogen and oxygen atoms in total. The average molecular weight is 907 g/mol. The number of aliphatic hydroxyl groups excluding tert-OH is 1. The number of carbonyl (C=O) groups is 5. The van der Waals surface area contributed by atoms with Crippen LogP contribution in [0.25, 0.3) is 0 Å². The number of alkyl carbamates (subject to hydrolysis) is 1. The number of hydrogen-bond donors (Lipinski definition) is 3. The van der Waals surface area contributed by atoms with Crippen LogP contribution in [0.3, 0.4) is 0 Å². The summed E-state index contributed by atoms with van der Waals surface area (Å²) in [7, 11) is 2.87. The summed E-state index contributed by atoms with van der Waals surface area (Å²) in [5.74, 6) is -9.37. The number of aliphatic hydroxyl groups is 2. The van der Waals surface area contributed by atoms with E-state index in [0.29, 0.717) is 49.7 Å². The number of amides is 2. The molecule has 2 saturated heterocycles. The number of halogens is 1. The number of methoxy groups -OCH3 is 2. The molecule has 3 heterocycles. The molecule has 3 fully saturated rings. The quantitative estimate of drug-likeness (QED) is 0.137. The Morgan fingerprint density at radius 3 is 2.36 bits per heavy atom. The molecule has 4 rings (SSSR count). The van der Waals surface area contributed by atoms with Gasteiger partial charge in [0.1, 0.15) is 30.2 Å². The highest BCUT2D eigenvalue weighted by Gasteiger charge is 2.57. The molecule has 362 valence electrons. The van der Waals surface area contributed by atoms with E-state index < -0.39 is 102 Å². The Morgan fingerprint density at radius 2 is 1.72 bits per heavy atom. The molecule has 2 amide bonds. The lowest BCUT2D eigenvalue weighted by Crippen LogP contribution is -2.64. The van der Waals surface area contributed by atoms with E-state index in [1.54, 1.807) is 53.7 Å². The maximum absolute atomic E-state index is 16.3. The van der Waals surface area contributed by atoms with Gasteiger partial charge in [-0.15, -0.1) is 6.58 Å². The van der Waals surface area contributed by atoms with Crippen molar-refractivity contribution in [2.45, 2.75) is 173 Å². The maximum Gasteiger partial charge on any atom is 0.407 e. The SMILES string of the molecule is C=CCOC1CC(C=C(C)C2OC(=O)C3CCCCN3C(=O)C(=O)C3(O)OC(C(OC)CC(C)C(F)/C(C)=C/C(CC)C(=O)CC(O)C2C)C(OC)CC3C)CCC1NC(=O)OCC.